The molecule has 3 N–H and O–H groups in total. The number of nitrogens with zero attached hydrogens (tertiary/aromatic N) is 2. The first-order chi connectivity index (χ1) is 14.9. The Labute approximate surface area is 183 Å². The van der Waals surface area contributed by atoms with E-state index in [1.807, 2.05) is 30.3 Å². The molecule has 1 fully saturated rings. The maximum Gasteiger partial charge on any atom is 0.387 e. The van der Waals surface area contributed by atoms with E-state index in [0.29, 0.717) is 10.7 Å². The van der Waals surface area contributed by atoms with Crippen LogP contribution in [0.25, 0.3) is 0 Å². The smallest absolute Gasteiger partial charge is 0.387 e. The van der Waals surface area contributed by atoms with Gasteiger partial charge in [0.1, 0.15) is 17.1 Å². The summed E-state index contributed by atoms with van der Waals surface area (Å²) in [6.45, 7) is -1.09. The standard InChI is InChI=1S/C23H21ClF2N4O/c1-12-9-15(10-16(13-4-5-13)20(12)31-22(25)26)23(14-6-8-28-18(24)11-14)17-3-2-7-29-19(17)21(27)30-23/h2-3,6-11,13,21-22,30H,4-5,27H2,1H3. The number of aryl methyl sites for hydroxylation is 1. The average Bonchev–Trinajstić information content (AvgIpc) is 3.54. The molecule has 1 saturated carbocycles. The Morgan fingerprint density at radius 3 is 2.68 bits per heavy atom. The van der Waals surface area contributed by atoms with Crippen molar-refractivity contribution in [2.24, 2.45) is 5.73 Å². The third-order valence-electron chi connectivity index (χ3n) is 6.03. The summed E-state index contributed by atoms with van der Waals surface area (Å²) in [7, 11) is 0. The molecule has 0 saturated heterocycles. The fraction of sp³-hybridized carbons (Fsp3) is 0.304. The predicted molar refractivity (Wildman–Crippen MR) is 113 cm³/mol. The van der Waals surface area contributed by atoms with Crippen molar-refractivity contribution in [2.45, 2.75) is 44.0 Å². The van der Waals surface area contributed by atoms with E-state index >= 15 is 0 Å². The van der Waals surface area contributed by atoms with E-state index in [2.05, 4.69) is 15.3 Å². The molecule has 2 atom stereocenters. The van der Waals surface area contributed by atoms with Crippen molar-refractivity contribution < 1.29 is 13.5 Å². The number of rotatable bonds is 5. The minimum atomic E-state index is -2.88. The number of fused-ring (bicyclic) bond motifs is 1. The van der Waals surface area contributed by atoms with E-state index in [4.69, 9.17) is 22.1 Å². The zero-order chi connectivity index (χ0) is 21.8. The number of pyridine rings is 2. The average molecular weight is 443 g/mol. The molecule has 2 aliphatic rings. The van der Waals surface area contributed by atoms with Crippen molar-refractivity contribution in [3.05, 3.63) is 87.5 Å². The summed E-state index contributed by atoms with van der Waals surface area (Å²) in [5.41, 5.74) is 10.4. The lowest BCUT2D eigenvalue weighted by molar-refractivity contribution is -0.0509. The van der Waals surface area contributed by atoms with Gasteiger partial charge in [-0.15, -0.1) is 0 Å². The molecule has 2 unspecified atom stereocenters. The lowest BCUT2D eigenvalue weighted by Gasteiger charge is -2.34. The molecule has 0 radical (unpaired) electrons. The number of nitrogens with one attached hydrogen (secondary N) is 1. The van der Waals surface area contributed by atoms with E-state index in [1.165, 1.54) is 0 Å². The molecule has 0 amide bonds. The summed E-state index contributed by atoms with van der Waals surface area (Å²) in [6, 6.07) is 11.3. The minimum absolute atomic E-state index is 0.203. The number of aromatic nitrogens is 2. The summed E-state index contributed by atoms with van der Waals surface area (Å²) < 4.78 is 31.2. The quantitative estimate of drug-likeness (QED) is 0.557. The zero-order valence-electron chi connectivity index (χ0n) is 16.8. The SMILES string of the molecule is Cc1cc(C2(c3ccnc(Cl)c3)NC(N)c3ncccc32)cc(C2CC2)c1OC(F)F. The molecule has 8 heteroatoms. The van der Waals surface area contributed by atoms with Crippen molar-refractivity contribution in [1.82, 2.24) is 15.3 Å². The maximum atomic E-state index is 13.1. The number of ether oxygens (including phenoxy) is 1. The molecule has 1 aliphatic heterocycles. The summed E-state index contributed by atoms with van der Waals surface area (Å²) in [4.78, 5) is 8.62. The van der Waals surface area contributed by atoms with Gasteiger partial charge in [0.15, 0.2) is 0 Å². The van der Waals surface area contributed by atoms with Crippen molar-refractivity contribution >= 4 is 11.6 Å². The number of alkyl halides is 2. The van der Waals surface area contributed by atoms with Crippen molar-refractivity contribution in [1.29, 1.82) is 0 Å². The maximum absolute atomic E-state index is 13.1. The van der Waals surface area contributed by atoms with Crippen LogP contribution in [0.3, 0.4) is 0 Å². The predicted octanol–water partition coefficient (Wildman–Crippen LogP) is 4.77. The van der Waals surface area contributed by atoms with Gasteiger partial charge < -0.3 is 10.5 Å². The number of hydrogen-bond acceptors (Lipinski definition) is 5. The molecule has 0 spiro atoms. The van der Waals surface area contributed by atoms with Crippen LogP contribution in [0.5, 0.6) is 5.75 Å². The highest BCUT2D eigenvalue weighted by Gasteiger charge is 2.47. The second-order valence-electron chi connectivity index (χ2n) is 8.04. The summed E-state index contributed by atoms with van der Waals surface area (Å²) in [6.07, 6.45) is 4.73. The highest BCUT2D eigenvalue weighted by molar-refractivity contribution is 6.29. The van der Waals surface area contributed by atoms with E-state index in [0.717, 1.165) is 40.8 Å². The van der Waals surface area contributed by atoms with Gasteiger partial charge in [-0.3, -0.25) is 10.3 Å². The van der Waals surface area contributed by atoms with Gasteiger partial charge in [-0.05, 0) is 78.3 Å². The number of halogens is 3. The van der Waals surface area contributed by atoms with Crippen LogP contribution in [0.15, 0.2) is 48.8 Å². The van der Waals surface area contributed by atoms with Gasteiger partial charge >= 0.3 is 6.61 Å². The Hall–Kier alpha value is -2.61. The van der Waals surface area contributed by atoms with Gasteiger partial charge in [-0.1, -0.05) is 17.7 Å². The van der Waals surface area contributed by atoms with Gasteiger partial charge in [0, 0.05) is 18.0 Å². The monoisotopic (exact) mass is 442 g/mol. The zero-order valence-corrected chi connectivity index (χ0v) is 17.5. The van der Waals surface area contributed by atoms with Crippen LogP contribution in [0.4, 0.5) is 8.78 Å². The van der Waals surface area contributed by atoms with Gasteiger partial charge in [0.25, 0.3) is 0 Å². The summed E-state index contributed by atoms with van der Waals surface area (Å²) in [5, 5.41) is 3.86. The van der Waals surface area contributed by atoms with E-state index < -0.39 is 18.3 Å². The van der Waals surface area contributed by atoms with E-state index in [9.17, 15) is 8.78 Å². The molecule has 1 aliphatic carbocycles. The second kappa shape index (κ2) is 7.51. The first-order valence-electron chi connectivity index (χ1n) is 10.1. The Bertz CT molecular complexity index is 1150. The minimum Gasteiger partial charge on any atom is -0.434 e. The molecule has 31 heavy (non-hydrogen) atoms. The molecule has 5 nitrogen and oxygen atoms in total. The lowest BCUT2D eigenvalue weighted by atomic mass is 9.77. The molecular weight excluding hydrogens is 422 g/mol. The van der Waals surface area contributed by atoms with E-state index in [-0.39, 0.29) is 11.7 Å². The fourth-order valence-corrected chi connectivity index (χ4v) is 4.78. The largest absolute Gasteiger partial charge is 0.434 e. The van der Waals surface area contributed by atoms with Crippen LogP contribution in [0.1, 0.15) is 58.4 Å². The van der Waals surface area contributed by atoms with Crippen LogP contribution >= 0.6 is 11.6 Å². The van der Waals surface area contributed by atoms with Gasteiger partial charge in [-0.25, -0.2) is 4.98 Å². The van der Waals surface area contributed by atoms with Crippen molar-refractivity contribution in [2.75, 3.05) is 0 Å². The number of hydrogen-bond donors (Lipinski definition) is 2. The lowest BCUT2D eigenvalue weighted by Crippen LogP contribution is -2.42. The Morgan fingerprint density at radius 1 is 1.16 bits per heavy atom. The van der Waals surface area contributed by atoms with E-state index in [1.54, 1.807) is 25.4 Å². The third-order valence-corrected chi connectivity index (χ3v) is 6.24. The van der Waals surface area contributed by atoms with Crippen LogP contribution in [-0.2, 0) is 5.54 Å². The Morgan fingerprint density at radius 2 is 1.97 bits per heavy atom. The topological polar surface area (TPSA) is 73.1 Å². The van der Waals surface area contributed by atoms with Crippen LogP contribution in [0, 0.1) is 6.92 Å². The first kappa shape index (κ1) is 20.3. The fourth-order valence-electron chi connectivity index (χ4n) is 4.61. The highest BCUT2D eigenvalue weighted by atomic mass is 35.5. The highest BCUT2D eigenvalue weighted by Crippen LogP contribution is 2.50. The molecule has 5 rings (SSSR count). The van der Waals surface area contributed by atoms with Gasteiger partial charge in [-0.2, -0.15) is 8.78 Å². The van der Waals surface area contributed by atoms with Crippen LogP contribution < -0.4 is 15.8 Å². The molecule has 160 valence electrons. The van der Waals surface area contributed by atoms with Crippen LogP contribution in [0.2, 0.25) is 5.15 Å². The molecule has 3 heterocycles. The molecular formula is C23H21ClF2N4O. The van der Waals surface area contributed by atoms with Gasteiger partial charge in [0.2, 0.25) is 0 Å². The van der Waals surface area contributed by atoms with Crippen molar-refractivity contribution in [3.8, 4) is 5.75 Å². The Balaban J connectivity index is 1.78. The molecule has 3 aromatic rings. The molecule has 2 aromatic heterocycles. The normalized spacial score (nSPS) is 22.6. The Kier molecular flexibility index (Phi) is 4.92. The third kappa shape index (κ3) is 3.37. The van der Waals surface area contributed by atoms with Crippen LogP contribution in [-0.4, -0.2) is 16.6 Å². The number of nitrogens with two attached hydrogens (primary N) is 1. The van der Waals surface area contributed by atoms with Crippen molar-refractivity contribution in [3.63, 3.8) is 0 Å². The van der Waals surface area contributed by atoms with Gasteiger partial charge in [0.05, 0.1) is 11.2 Å². The second-order valence-corrected chi connectivity index (χ2v) is 8.43. The molecule has 1 aromatic carbocycles. The summed E-state index contributed by atoms with van der Waals surface area (Å²) in [5.74, 6) is 0.465. The number of benzene rings is 1. The summed E-state index contributed by atoms with van der Waals surface area (Å²) >= 11 is 6.25. The molecule has 0 bridgehead atoms. The first-order valence-corrected chi connectivity index (χ1v) is 10.5.